The Bertz CT molecular complexity index is 420. The Morgan fingerprint density at radius 2 is 1.48 bits per heavy atom. The Kier molecular flexibility index (Phi) is 8.65. The van der Waals surface area contributed by atoms with E-state index in [1.165, 1.54) is 11.4 Å². The lowest BCUT2D eigenvalue weighted by Crippen LogP contribution is -2.07. The van der Waals surface area contributed by atoms with Crippen LogP contribution in [0.5, 0.6) is 0 Å². The van der Waals surface area contributed by atoms with E-state index in [1.807, 2.05) is 30.3 Å². The third-order valence-electron chi connectivity index (χ3n) is 3.39. The zero-order chi connectivity index (χ0) is 15.7. The van der Waals surface area contributed by atoms with Crippen molar-refractivity contribution in [1.82, 2.24) is 0 Å². The van der Waals surface area contributed by atoms with Crippen molar-refractivity contribution in [2.75, 3.05) is 13.2 Å². The fourth-order valence-electron chi connectivity index (χ4n) is 1.37. The molecule has 21 heavy (non-hydrogen) atoms. The standard InChI is InChI=1S/C16H27O3PS/c1-5-14(3)12-18-20(17,19-13-15(4)6-2)21-16-10-8-7-9-11-16/h7-11,14-15H,5-6,12-13H2,1-4H3. The van der Waals surface area contributed by atoms with Crippen LogP contribution in [0.3, 0.4) is 0 Å². The number of benzene rings is 1. The highest BCUT2D eigenvalue weighted by Crippen LogP contribution is 2.64. The summed E-state index contributed by atoms with van der Waals surface area (Å²) in [6.07, 6.45) is 2.00. The molecule has 120 valence electrons. The van der Waals surface area contributed by atoms with Gasteiger partial charge in [0.1, 0.15) is 0 Å². The Morgan fingerprint density at radius 1 is 1.00 bits per heavy atom. The van der Waals surface area contributed by atoms with Gasteiger partial charge in [0.2, 0.25) is 0 Å². The molecule has 0 saturated heterocycles. The van der Waals surface area contributed by atoms with Crippen LogP contribution in [-0.4, -0.2) is 13.2 Å². The number of hydrogen-bond acceptors (Lipinski definition) is 4. The van der Waals surface area contributed by atoms with Crippen molar-refractivity contribution < 1.29 is 13.6 Å². The minimum atomic E-state index is -3.16. The molecule has 0 aliphatic heterocycles. The van der Waals surface area contributed by atoms with Crippen molar-refractivity contribution in [3.63, 3.8) is 0 Å². The monoisotopic (exact) mass is 330 g/mol. The van der Waals surface area contributed by atoms with E-state index in [1.54, 1.807) is 0 Å². The molecule has 1 rings (SSSR count). The summed E-state index contributed by atoms with van der Waals surface area (Å²) in [6, 6.07) is 9.65. The van der Waals surface area contributed by atoms with Gasteiger partial charge in [-0.1, -0.05) is 58.7 Å². The molecule has 0 bridgehead atoms. The first-order chi connectivity index (χ1) is 9.99. The molecular weight excluding hydrogens is 303 g/mol. The zero-order valence-electron chi connectivity index (χ0n) is 13.5. The van der Waals surface area contributed by atoms with Crippen LogP contribution >= 0.6 is 18.2 Å². The summed E-state index contributed by atoms with van der Waals surface area (Å²) < 4.78 is 24.3. The normalized spacial score (nSPS) is 17.1. The number of hydrogen-bond donors (Lipinski definition) is 0. The predicted octanol–water partition coefficient (Wildman–Crippen LogP) is 6.01. The Balaban J connectivity index is 2.70. The fraction of sp³-hybridized carbons (Fsp3) is 0.625. The third-order valence-corrected chi connectivity index (χ3v) is 6.96. The first-order valence-electron chi connectivity index (χ1n) is 7.62. The van der Waals surface area contributed by atoms with Crippen LogP contribution in [0.4, 0.5) is 0 Å². The SMILES string of the molecule is CCC(C)COP(=O)(OCC(C)CC)Sc1ccccc1. The summed E-state index contributed by atoms with van der Waals surface area (Å²) in [5, 5.41) is 0. The molecule has 5 heteroatoms. The maximum absolute atomic E-state index is 12.9. The molecule has 0 spiro atoms. The maximum Gasteiger partial charge on any atom is 0.393 e. The lowest BCUT2D eigenvalue weighted by Gasteiger charge is -2.21. The minimum Gasteiger partial charge on any atom is -0.300 e. The molecule has 0 radical (unpaired) electrons. The molecule has 2 atom stereocenters. The van der Waals surface area contributed by atoms with Crippen LogP contribution in [0.2, 0.25) is 0 Å². The second kappa shape index (κ2) is 9.68. The van der Waals surface area contributed by atoms with E-state index in [9.17, 15) is 4.57 Å². The van der Waals surface area contributed by atoms with Gasteiger partial charge in [0.25, 0.3) is 0 Å². The van der Waals surface area contributed by atoms with E-state index < -0.39 is 6.80 Å². The van der Waals surface area contributed by atoms with Gasteiger partial charge in [0, 0.05) is 4.90 Å². The first-order valence-corrected chi connectivity index (χ1v) is 10.6. The second-order valence-corrected chi connectivity index (χ2v) is 9.42. The van der Waals surface area contributed by atoms with Gasteiger partial charge in [0.15, 0.2) is 0 Å². The maximum atomic E-state index is 12.9. The largest absolute Gasteiger partial charge is 0.393 e. The fourth-order valence-corrected chi connectivity index (χ4v) is 4.79. The smallest absolute Gasteiger partial charge is 0.300 e. The molecule has 0 saturated carbocycles. The van der Waals surface area contributed by atoms with Crippen molar-refractivity contribution in [1.29, 1.82) is 0 Å². The van der Waals surface area contributed by atoms with E-state index in [0.29, 0.717) is 25.0 Å². The van der Waals surface area contributed by atoms with Crippen LogP contribution in [0.15, 0.2) is 35.2 Å². The summed E-state index contributed by atoms with van der Waals surface area (Å²) in [6.45, 7) is 6.15. The highest BCUT2D eigenvalue weighted by atomic mass is 32.7. The molecular formula is C16H27O3PS. The van der Waals surface area contributed by atoms with E-state index in [2.05, 4.69) is 27.7 Å². The molecule has 0 aliphatic rings. The summed E-state index contributed by atoms with van der Waals surface area (Å²) in [5.41, 5.74) is 0. The van der Waals surface area contributed by atoms with E-state index >= 15 is 0 Å². The van der Waals surface area contributed by atoms with Gasteiger partial charge in [-0.25, -0.2) is 4.57 Å². The van der Waals surface area contributed by atoms with E-state index in [4.69, 9.17) is 9.05 Å². The lowest BCUT2D eigenvalue weighted by molar-refractivity contribution is 0.177. The quantitative estimate of drug-likeness (QED) is 0.492. The summed E-state index contributed by atoms with van der Waals surface area (Å²) in [5.74, 6) is 0.754. The van der Waals surface area contributed by atoms with Crippen LogP contribution in [-0.2, 0) is 13.6 Å². The molecule has 0 N–H and O–H groups in total. The van der Waals surface area contributed by atoms with Crippen molar-refractivity contribution in [3.8, 4) is 0 Å². The molecule has 0 aromatic heterocycles. The Morgan fingerprint density at radius 3 is 1.90 bits per heavy atom. The zero-order valence-corrected chi connectivity index (χ0v) is 15.2. The summed E-state index contributed by atoms with van der Waals surface area (Å²) >= 11 is 1.21. The minimum absolute atomic E-state index is 0.377. The van der Waals surface area contributed by atoms with Gasteiger partial charge >= 0.3 is 6.80 Å². The summed E-state index contributed by atoms with van der Waals surface area (Å²) in [4.78, 5) is 0.911. The molecule has 2 unspecified atom stereocenters. The van der Waals surface area contributed by atoms with Gasteiger partial charge in [-0.05, 0) is 35.4 Å². The third kappa shape index (κ3) is 7.51. The Hall–Kier alpha value is -0.280. The Labute approximate surface area is 133 Å². The van der Waals surface area contributed by atoms with Gasteiger partial charge in [0.05, 0.1) is 13.2 Å². The van der Waals surface area contributed by atoms with Gasteiger partial charge < -0.3 is 9.05 Å². The molecule has 0 heterocycles. The predicted molar refractivity (Wildman–Crippen MR) is 90.7 cm³/mol. The van der Waals surface area contributed by atoms with Crippen molar-refractivity contribution in [3.05, 3.63) is 30.3 Å². The van der Waals surface area contributed by atoms with Crippen molar-refractivity contribution in [2.24, 2.45) is 11.8 Å². The van der Waals surface area contributed by atoms with Gasteiger partial charge in [-0.3, -0.25) is 0 Å². The highest BCUT2D eigenvalue weighted by Gasteiger charge is 2.28. The van der Waals surface area contributed by atoms with Crippen LogP contribution < -0.4 is 0 Å². The molecule has 0 aliphatic carbocycles. The van der Waals surface area contributed by atoms with Crippen molar-refractivity contribution >= 4 is 18.2 Å². The second-order valence-electron chi connectivity index (χ2n) is 5.47. The molecule has 0 fully saturated rings. The van der Waals surface area contributed by atoms with Gasteiger partial charge in [-0.2, -0.15) is 0 Å². The van der Waals surface area contributed by atoms with E-state index in [-0.39, 0.29) is 0 Å². The van der Waals surface area contributed by atoms with Crippen LogP contribution in [0.25, 0.3) is 0 Å². The van der Waals surface area contributed by atoms with Gasteiger partial charge in [-0.15, -0.1) is 0 Å². The molecule has 1 aromatic rings. The average molecular weight is 330 g/mol. The number of rotatable bonds is 10. The first kappa shape index (κ1) is 18.8. The molecule has 3 nitrogen and oxygen atoms in total. The summed E-state index contributed by atoms with van der Waals surface area (Å²) in [7, 11) is 0. The van der Waals surface area contributed by atoms with Crippen LogP contribution in [0.1, 0.15) is 40.5 Å². The highest BCUT2D eigenvalue weighted by molar-refractivity contribution is 8.55. The topological polar surface area (TPSA) is 35.5 Å². The average Bonchev–Trinajstić information content (AvgIpc) is 2.51. The lowest BCUT2D eigenvalue weighted by atomic mass is 10.1. The van der Waals surface area contributed by atoms with E-state index in [0.717, 1.165) is 17.7 Å². The van der Waals surface area contributed by atoms with Crippen molar-refractivity contribution in [2.45, 2.75) is 45.4 Å². The van der Waals surface area contributed by atoms with Crippen LogP contribution in [0, 0.1) is 11.8 Å². The molecule has 1 aromatic carbocycles. The molecule has 0 amide bonds.